The molecule has 0 saturated heterocycles. The predicted octanol–water partition coefficient (Wildman–Crippen LogP) is 37.8. The Bertz CT molecular complexity index is 10200. The van der Waals surface area contributed by atoms with Crippen LogP contribution in [0.2, 0.25) is 0 Å². The van der Waals surface area contributed by atoms with E-state index in [4.69, 9.17) is 19.9 Å². The fourth-order valence-corrected chi connectivity index (χ4v) is 25.5. The van der Waals surface area contributed by atoms with Crippen LogP contribution in [0, 0.1) is 0 Å². The first-order chi connectivity index (χ1) is 74.3. The number of hydrogen-bond acceptors (Lipinski definition) is 9. The van der Waals surface area contributed by atoms with Crippen molar-refractivity contribution in [2.45, 2.75) is 0 Å². The van der Waals surface area contributed by atoms with Crippen LogP contribution < -0.4 is 0 Å². The zero-order valence-electron chi connectivity index (χ0n) is 81.0. The van der Waals surface area contributed by atoms with Gasteiger partial charge >= 0.3 is 0 Å². The molecule has 0 aliphatic carbocycles. The second-order valence-electron chi connectivity index (χ2n) is 38.0. The van der Waals surface area contributed by atoms with E-state index in [-0.39, 0.29) is 0 Å². The highest BCUT2D eigenvalue weighted by Crippen LogP contribution is 2.48. The molecule has 0 aliphatic heterocycles. The third-order valence-electron chi connectivity index (χ3n) is 29.2. The molecular formula is C138H87N9S3. The van der Waals surface area contributed by atoms with E-state index in [1.807, 2.05) is 0 Å². The molecule has 0 aliphatic rings. The number of thiophene rings is 3. The maximum absolute atomic E-state index is 4.82. The first-order valence-corrected chi connectivity index (χ1v) is 52.9. The molecule has 0 atom stereocenters. The van der Waals surface area contributed by atoms with Crippen LogP contribution in [0.1, 0.15) is 0 Å². The molecular weight excluding hydrogens is 1880 g/mol. The molecule has 702 valence electrons. The average molecular weight is 1970 g/mol. The number of aromatic nitrogens is 9. The van der Waals surface area contributed by atoms with Crippen molar-refractivity contribution in [1.82, 2.24) is 43.6 Å². The maximum Gasteiger partial charge on any atom is 0.116 e. The SMILES string of the molecule is c1cc(-c2cccc(-n3c4ccccc4c4ccccc43)c2)cc(-c2ncnc3c2sc2ccccc23)c1.c1ccc(-c2ccc(-c3ccc4c(c3)c3cc(-c5ccc(-c6ccccc6)cc5)ccc3n4-c3cccc(-c4cccc(-c5ncnc6c5sc5ccccc56)c4)c3)cc2)cc1.c1ccc(-c2ccc3c(c2)c2cc(-c4ccccc4)ccc2n3-c2cccc(-c3cccc(-c4ncnc5c4sc4ccccc45)c3)c2)cc1. The molecule has 9 heterocycles. The molecule has 0 unspecified atom stereocenters. The van der Waals surface area contributed by atoms with Gasteiger partial charge in [-0.25, -0.2) is 29.9 Å². The number of para-hydroxylation sites is 2. The summed E-state index contributed by atoms with van der Waals surface area (Å²) in [4.78, 5) is 28.3. The first-order valence-electron chi connectivity index (χ1n) is 50.4. The van der Waals surface area contributed by atoms with E-state index in [0.717, 1.165) is 109 Å². The monoisotopic (exact) mass is 1970 g/mol. The highest BCUT2D eigenvalue weighted by molar-refractivity contribution is 7.27. The molecule has 0 spiro atoms. The number of fused-ring (bicyclic) bond motifs is 18. The lowest BCUT2D eigenvalue weighted by atomic mass is 9.97. The molecule has 0 amide bonds. The van der Waals surface area contributed by atoms with Crippen LogP contribution in [0.5, 0.6) is 0 Å². The zero-order chi connectivity index (χ0) is 99.1. The fraction of sp³-hybridized carbons (Fsp3) is 0. The molecule has 9 nitrogen and oxygen atoms in total. The molecule has 21 aromatic carbocycles. The highest BCUT2D eigenvalue weighted by Gasteiger charge is 2.24. The minimum atomic E-state index is 0.965. The van der Waals surface area contributed by atoms with Crippen LogP contribution in [-0.2, 0) is 0 Å². The molecule has 0 saturated carbocycles. The Hall–Kier alpha value is -19.1. The van der Waals surface area contributed by atoms with Crippen LogP contribution in [-0.4, -0.2) is 43.6 Å². The number of benzene rings is 21. The molecule has 12 heteroatoms. The van der Waals surface area contributed by atoms with Gasteiger partial charge in [0.05, 0.1) is 80.8 Å². The normalized spacial score (nSPS) is 11.6. The van der Waals surface area contributed by atoms with Crippen LogP contribution in [0.3, 0.4) is 0 Å². The third kappa shape index (κ3) is 16.1. The predicted molar refractivity (Wildman–Crippen MR) is 633 cm³/mol. The number of rotatable bonds is 15. The second-order valence-corrected chi connectivity index (χ2v) is 41.1. The summed E-state index contributed by atoms with van der Waals surface area (Å²) in [5.74, 6) is 0. The van der Waals surface area contributed by atoms with Crippen molar-refractivity contribution in [3.05, 3.63) is 529 Å². The Kier molecular flexibility index (Phi) is 22.3. The summed E-state index contributed by atoms with van der Waals surface area (Å²) in [6, 6.07) is 183. The van der Waals surface area contributed by atoms with Crippen LogP contribution in [0.4, 0.5) is 0 Å². The third-order valence-corrected chi connectivity index (χ3v) is 32.7. The second kappa shape index (κ2) is 37.8. The summed E-state index contributed by atoms with van der Waals surface area (Å²) >= 11 is 5.28. The van der Waals surface area contributed by atoms with Crippen molar-refractivity contribution in [2.24, 2.45) is 0 Å². The Balaban J connectivity index is 0.000000111. The minimum absolute atomic E-state index is 0.965. The van der Waals surface area contributed by atoms with Crippen molar-refractivity contribution in [1.29, 1.82) is 0 Å². The van der Waals surface area contributed by atoms with Crippen molar-refractivity contribution in [3.63, 3.8) is 0 Å². The van der Waals surface area contributed by atoms with Gasteiger partial charge in [-0.2, -0.15) is 0 Å². The Morgan fingerprint density at radius 1 is 0.133 bits per heavy atom. The minimum Gasteiger partial charge on any atom is -0.309 e. The van der Waals surface area contributed by atoms with Crippen molar-refractivity contribution >= 4 is 160 Å². The van der Waals surface area contributed by atoms with E-state index in [9.17, 15) is 0 Å². The lowest BCUT2D eigenvalue weighted by molar-refractivity contribution is 1.18. The van der Waals surface area contributed by atoms with Gasteiger partial charge in [0.1, 0.15) is 19.0 Å². The number of hydrogen-bond donors (Lipinski definition) is 0. The van der Waals surface area contributed by atoms with Gasteiger partial charge in [-0.3, -0.25) is 0 Å². The van der Waals surface area contributed by atoms with Gasteiger partial charge < -0.3 is 13.7 Å². The largest absolute Gasteiger partial charge is 0.309 e. The molecule has 0 radical (unpaired) electrons. The molecule has 0 N–H and O–H groups in total. The molecule has 0 bridgehead atoms. The van der Waals surface area contributed by atoms with E-state index >= 15 is 0 Å². The van der Waals surface area contributed by atoms with Gasteiger partial charge in [0, 0.05) is 96.3 Å². The van der Waals surface area contributed by atoms with E-state index in [2.05, 4.69) is 533 Å². The molecule has 0 fully saturated rings. The lowest BCUT2D eigenvalue weighted by Gasteiger charge is -2.12. The molecule has 150 heavy (non-hydrogen) atoms. The van der Waals surface area contributed by atoms with Crippen molar-refractivity contribution < 1.29 is 0 Å². The number of nitrogens with zero attached hydrogens (tertiary/aromatic N) is 9. The van der Waals surface area contributed by atoms with E-state index in [1.165, 1.54) is 168 Å². The molecule has 30 aromatic rings. The van der Waals surface area contributed by atoms with Crippen molar-refractivity contribution in [2.75, 3.05) is 0 Å². The summed E-state index contributed by atoms with van der Waals surface area (Å²) in [7, 11) is 0. The van der Waals surface area contributed by atoms with Crippen LogP contribution >= 0.6 is 34.0 Å². The summed E-state index contributed by atoms with van der Waals surface area (Å²) in [6.07, 6.45) is 5.08. The molecule has 30 rings (SSSR count). The highest BCUT2D eigenvalue weighted by atomic mass is 32.1. The fourth-order valence-electron chi connectivity index (χ4n) is 22.0. The Morgan fingerprint density at radius 2 is 0.333 bits per heavy atom. The lowest BCUT2D eigenvalue weighted by Crippen LogP contribution is -1.94. The summed E-state index contributed by atoms with van der Waals surface area (Å²) in [5, 5.41) is 11.0. The summed E-state index contributed by atoms with van der Waals surface area (Å²) in [5.41, 5.74) is 41.2. The van der Waals surface area contributed by atoms with Gasteiger partial charge in [0.25, 0.3) is 0 Å². The van der Waals surface area contributed by atoms with Crippen LogP contribution in [0.15, 0.2) is 529 Å². The zero-order valence-corrected chi connectivity index (χ0v) is 83.4. The smallest absolute Gasteiger partial charge is 0.116 e. The standard InChI is InChI=1S/C58H37N3S.C46H29N3S.C34H21N3S/c1-3-11-38(12-4-1)40-21-25-42(26-22-40)46-29-31-53-51(35-46)52-36-47(43-27-23-41(24-28-43)39-13-5-2-6-14-39)30-32-54(52)61(53)49-18-10-16-45(34-49)44-15-9-17-48(33-44)56-58-57(60-37-59-56)50-19-7-8-20-55(50)62-58;1-3-11-30(12-4-1)34-21-23-41-39(27-34)40-28-35(31-13-5-2-6-14-31)22-24-42(40)49(41)37-18-10-16-33(26-37)32-15-9-17-36(25-32)44-46-45(48-29-47-44)38-19-7-8-20-43(38)50-46;1-4-16-29-26(13-1)27-14-2-5-17-30(27)37(29)25-12-8-10-23(20-25)22-9-7-11-24(19-22)32-34-33(36-21-35-32)28-15-3-6-18-31(28)38-34/h1-37H;1-29H;1-21H. The summed E-state index contributed by atoms with van der Waals surface area (Å²) < 4.78 is 14.2. The van der Waals surface area contributed by atoms with Gasteiger partial charge in [0.15, 0.2) is 0 Å². The van der Waals surface area contributed by atoms with Gasteiger partial charge in [-0.15, -0.1) is 34.0 Å². The Morgan fingerprint density at radius 3 is 0.627 bits per heavy atom. The van der Waals surface area contributed by atoms with Gasteiger partial charge in [-0.05, 0) is 234 Å². The van der Waals surface area contributed by atoms with Crippen LogP contribution in [0.25, 0.3) is 277 Å². The van der Waals surface area contributed by atoms with E-state index in [0.29, 0.717) is 0 Å². The Labute approximate surface area is 876 Å². The maximum atomic E-state index is 4.82. The van der Waals surface area contributed by atoms with E-state index < -0.39 is 0 Å². The topological polar surface area (TPSA) is 92.1 Å². The van der Waals surface area contributed by atoms with Gasteiger partial charge in [0.2, 0.25) is 0 Å². The average Bonchev–Trinajstić information content (AvgIpc) is 1.59. The van der Waals surface area contributed by atoms with Crippen molar-refractivity contribution in [3.8, 4) is 151 Å². The molecule has 9 aromatic heterocycles. The quantitative estimate of drug-likeness (QED) is 0.102. The van der Waals surface area contributed by atoms with E-state index in [1.54, 1.807) is 53.0 Å². The first kappa shape index (κ1) is 88.6. The van der Waals surface area contributed by atoms with Gasteiger partial charge in [-0.1, -0.05) is 376 Å². The summed E-state index contributed by atoms with van der Waals surface area (Å²) in [6.45, 7) is 0.